The summed E-state index contributed by atoms with van der Waals surface area (Å²) in [6.45, 7) is 1.29. The van der Waals surface area contributed by atoms with Gasteiger partial charge in [-0.3, -0.25) is 0 Å². The highest BCUT2D eigenvalue weighted by Gasteiger charge is 2.19. The summed E-state index contributed by atoms with van der Waals surface area (Å²) in [5.74, 6) is 0. The van der Waals surface area contributed by atoms with E-state index in [2.05, 4.69) is 10.0 Å². The molecule has 1 unspecified atom stereocenters. The van der Waals surface area contributed by atoms with E-state index in [-0.39, 0.29) is 21.5 Å². The highest BCUT2D eigenvalue weighted by atomic mass is 35.5. The van der Waals surface area contributed by atoms with Crippen LogP contribution in [0, 0.1) is 11.3 Å². The number of nitrogens with one attached hydrogen (secondary N) is 2. The maximum Gasteiger partial charge on any atom is 0.240 e. The minimum Gasteiger partial charge on any atom is -0.313 e. The van der Waals surface area contributed by atoms with Crippen molar-refractivity contribution in [3.8, 4) is 6.07 Å². The van der Waals surface area contributed by atoms with Gasteiger partial charge in [-0.1, -0.05) is 11.6 Å². The predicted molar refractivity (Wildman–Crippen MR) is 72.4 cm³/mol. The zero-order valence-electron chi connectivity index (χ0n) is 10.2. The van der Waals surface area contributed by atoms with E-state index in [4.69, 9.17) is 16.9 Å². The SMILES string of the molecule is N#Cc1ccc(S(=O)(=O)NCC2CCCN2)cc1Cl. The topological polar surface area (TPSA) is 82.0 Å². The van der Waals surface area contributed by atoms with E-state index < -0.39 is 10.0 Å². The Labute approximate surface area is 117 Å². The normalized spacial score (nSPS) is 19.3. The Kier molecular flexibility index (Phi) is 4.42. The van der Waals surface area contributed by atoms with Crippen LogP contribution in [0.25, 0.3) is 0 Å². The lowest BCUT2D eigenvalue weighted by Crippen LogP contribution is -2.37. The molecule has 1 saturated heterocycles. The van der Waals surface area contributed by atoms with Gasteiger partial charge in [0.25, 0.3) is 0 Å². The second-order valence-electron chi connectivity index (χ2n) is 4.40. The molecule has 0 aliphatic carbocycles. The smallest absolute Gasteiger partial charge is 0.240 e. The molecule has 102 valence electrons. The van der Waals surface area contributed by atoms with Crippen molar-refractivity contribution in [3.63, 3.8) is 0 Å². The fraction of sp³-hybridized carbons (Fsp3) is 0.417. The van der Waals surface area contributed by atoms with Gasteiger partial charge >= 0.3 is 0 Å². The minimum absolute atomic E-state index is 0.0782. The molecule has 1 aromatic carbocycles. The van der Waals surface area contributed by atoms with Gasteiger partial charge in [0.05, 0.1) is 15.5 Å². The molecule has 1 fully saturated rings. The van der Waals surface area contributed by atoms with E-state index in [1.54, 1.807) is 0 Å². The summed E-state index contributed by atoms with van der Waals surface area (Å²) < 4.78 is 26.7. The summed E-state index contributed by atoms with van der Waals surface area (Å²) in [5, 5.41) is 12.1. The van der Waals surface area contributed by atoms with Crippen LogP contribution in [-0.4, -0.2) is 27.5 Å². The molecule has 5 nitrogen and oxygen atoms in total. The molecule has 1 heterocycles. The Morgan fingerprint density at radius 1 is 1.53 bits per heavy atom. The van der Waals surface area contributed by atoms with Gasteiger partial charge in [0.2, 0.25) is 10.0 Å². The van der Waals surface area contributed by atoms with Crippen molar-refractivity contribution in [2.75, 3.05) is 13.1 Å². The van der Waals surface area contributed by atoms with Crippen LogP contribution in [0.3, 0.4) is 0 Å². The first kappa shape index (κ1) is 14.3. The average Bonchev–Trinajstić information content (AvgIpc) is 2.89. The molecule has 0 spiro atoms. The van der Waals surface area contributed by atoms with Gasteiger partial charge in [-0.05, 0) is 37.6 Å². The largest absolute Gasteiger partial charge is 0.313 e. The molecule has 0 amide bonds. The molecule has 0 bridgehead atoms. The maximum atomic E-state index is 12.1. The first-order valence-corrected chi connectivity index (χ1v) is 7.82. The Bertz CT molecular complexity index is 604. The Morgan fingerprint density at radius 2 is 2.32 bits per heavy atom. The van der Waals surface area contributed by atoms with E-state index in [0.717, 1.165) is 19.4 Å². The monoisotopic (exact) mass is 299 g/mol. The van der Waals surface area contributed by atoms with E-state index in [0.29, 0.717) is 6.54 Å². The number of benzene rings is 1. The van der Waals surface area contributed by atoms with Crippen molar-refractivity contribution in [2.45, 2.75) is 23.8 Å². The number of hydrogen-bond acceptors (Lipinski definition) is 4. The van der Waals surface area contributed by atoms with Crippen LogP contribution in [0.2, 0.25) is 5.02 Å². The zero-order valence-corrected chi connectivity index (χ0v) is 11.8. The average molecular weight is 300 g/mol. The van der Waals surface area contributed by atoms with Crippen LogP contribution in [-0.2, 0) is 10.0 Å². The fourth-order valence-electron chi connectivity index (χ4n) is 1.98. The van der Waals surface area contributed by atoms with Crippen molar-refractivity contribution < 1.29 is 8.42 Å². The third-order valence-corrected chi connectivity index (χ3v) is 4.79. The third kappa shape index (κ3) is 3.45. The molecule has 19 heavy (non-hydrogen) atoms. The number of sulfonamides is 1. The Balaban J connectivity index is 2.10. The summed E-state index contributed by atoms with van der Waals surface area (Å²) in [7, 11) is -3.58. The molecular weight excluding hydrogens is 286 g/mol. The second-order valence-corrected chi connectivity index (χ2v) is 6.57. The van der Waals surface area contributed by atoms with E-state index in [1.165, 1.54) is 18.2 Å². The van der Waals surface area contributed by atoms with E-state index >= 15 is 0 Å². The lowest BCUT2D eigenvalue weighted by Gasteiger charge is -2.12. The molecule has 1 aromatic rings. The highest BCUT2D eigenvalue weighted by molar-refractivity contribution is 7.89. The lowest BCUT2D eigenvalue weighted by molar-refractivity contribution is 0.552. The quantitative estimate of drug-likeness (QED) is 0.876. The number of hydrogen-bond donors (Lipinski definition) is 2. The number of rotatable bonds is 4. The summed E-state index contributed by atoms with van der Waals surface area (Å²) in [6, 6.07) is 6.16. The van der Waals surface area contributed by atoms with Gasteiger partial charge in [-0.25, -0.2) is 13.1 Å². The van der Waals surface area contributed by atoms with Crippen LogP contribution >= 0.6 is 11.6 Å². The van der Waals surface area contributed by atoms with Crippen molar-refractivity contribution in [1.29, 1.82) is 5.26 Å². The van der Waals surface area contributed by atoms with E-state index in [9.17, 15) is 8.42 Å². The second kappa shape index (κ2) is 5.88. The minimum atomic E-state index is -3.58. The van der Waals surface area contributed by atoms with Gasteiger partial charge in [0.1, 0.15) is 6.07 Å². The summed E-state index contributed by atoms with van der Waals surface area (Å²) >= 11 is 5.84. The van der Waals surface area contributed by atoms with Crippen molar-refractivity contribution in [1.82, 2.24) is 10.0 Å². The summed E-state index contributed by atoms with van der Waals surface area (Å²) in [4.78, 5) is 0.0782. The molecule has 0 radical (unpaired) electrons. The number of nitrogens with zero attached hydrogens (tertiary/aromatic N) is 1. The van der Waals surface area contributed by atoms with Crippen LogP contribution in [0.15, 0.2) is 23.1 Å². The first-order valence-electron chi connectivity index (χ1n) is 5.95. The number of nitriles is 1. The van der Waals surface area contributed by atoms with Crippen molar-refractivity contribution in [3.05, 3.63) is 28.8 Å². The maximum absolute atomic E-state index is 12.1. The molecule has 0 saturated carbocycles. The number of halogens is 1. The van der Waals surface area contributed by atoms with Crippen molar-refractivity contribution >= 4 is 21.6 Å². The van der Waals surface area contributed by atoms with Crippen molar-refractivity contribution in [2.24, 2.45) is 0 Å². The van der Waals surface area contributed by atoms with E-state index in [1.807, 2.05) is 6.07 Å². The van der Waals surface area contributed by atoms with Crippen LogP contribution in [0.4, 0.5) is 0 Å². The standard InChI is InChI=1S/C12H14ClN3O2S/c13-12-6-11(4-3-9(12)7-14)19(17,18)16-8-10-2-1-5-15-10/h3-4,6,10,15-16H,1-2,5,8H2. The molecule has 1 atom stereocenters. The van der Waals surface area contributed by atoms with Crippen LogP contribution in [0.5, 0.6) is 0 Å². The lowest BCUT2D eigenvalue weighted by atomic mass is 10.2. The molecule has 0 aromatic heterocycles. The van der Waals surface area contributed by atoms with Gasteiger partial charge < -0.3 is 5.32 Å². The predicted octanol–water partition coefficient (Wildman–Crippen LogP) is 1.24. The Hall–Kier alpha value is -1.13. The third-order valence-electron chi connectivity index (χ3n) is 3.05. The van der Waals surface area contributed by atoms with Gasteiger partial charge in [0.15, 0.2) is 0 Å². The molecular formula is C12H14ClN3O2S. The Morgan fingerprint density at radius 3 is 2.89 bits per heavy atom. The van der Waals surface area contributed by atoms with Crippen LogP contribution in [0.1, 0.15) is 18.4 Å². The van der Waals surface area contributed by atoms with Gasteiger partial charge in [0, 0.05) is 12.6 Å². The summed E-state index contributed by atoms with van der Waals surface area (Å²) in [6.07, 6.45) is 2.03. The van der Waals surface area contributed by atoms with Gasteiger partial charge in [-0.15, -0.1) is 0 Å². The summed E-state index contributed by atoms with van der Waals surface area (Å²) in [5.41, 5.74) is 0.262. The fourth-order valence-corrected chi connectivity index (χ4v) is 3.37. The highest BCUT2D eigenvalue weighted by Crippen LogP contribution is 2.20. The molecule has 2 N–H and O–H groups in total. The first-order chi connectivity index (χ1) is 9.03. The molecule has 7 heteroatoms. The van der Waals surface area contributed by atoms with Gasteiger partial charge in [-0.2, -0.15) is 5.26 Å². The zero-order chi connectivity index (χ0) is 13.9. The molecule has 1 aliphatic heterocycles. The molecule has 1 aliphatic rings. The van der Waals surface area contributed by atoms with Crippen LogP contribution < -0.4 is 10.0 Å². The molecule has 2 rings (SSSR count).